The summed E-state index contributed by atoms with van der Waals surface area (Å²) in [5.74, 6) is -0.556. The van der Waals surface area contributed by atoms with Crippen LogP contribution in [0.25, 0.3) is 0 Å². The predicted octanol–water partition coefficient (Wildman–Crippen LogP) is 1.20. The first kappa shape index (κ1) is 11.4. The summed E-state index contributed by atoms with van der Waals surface area (Å²) in [6.45, 7) is 6.92. The van der Waals surface area contributed by atoms with Crippen LogP contribution in [0.4, 0.5) is 4.79 Å². The maximum atomic E-state index is 11.1. The summed E-state index contributed by atoms with van der Waals surface area (Å²) in [4.78, 5) is 21.3. The molecule has 0 saturated carbocycles. The van der Waals surface area contributed by atoms with Crippen LogP contribution in [0.1, 0.15) is 6.42 Å². The van der Waals surface area contributed by atoms with Gasteiger partial charge in [0.15, 0.2) is 5.78 Å². The van der Waals surface area contributed by atoms with Gasteiger partial charge in [-0.25, -0.2) is 4.79 Å². The Morgan fingerprint density at radius 1 is 1.46 bits per heavy atom. The van der Waals surface area contributed by atoms with Crippen LogP contribution in [0.2, 0.25) is 0 Å². The van der Waals surface area contributed by atoms with E-state index in [1.807, 2.05) is 0 Å². The maximum absolute atomic E-state index is 11.1. The second-order valence-electron chi connectivity index (χ2n) is 2.51. The van der Waals surface area contributed by atoms with Gasteiger partial charge in [-0.2, -0.15) is 0 Å². The van der Waals surface area contributed by atoms with E-state index in [1.165, 1.54) is 6.08 Å². The van der Waals surface area contributed by atoms with E-state index in [0.717, 1.165) is 0 Å². The molecular weight excluding hydrogens is 170 g/mol. The van der Waals surface area contributed by atoms with Crippen molar-refractivity contribution in [1.82, 2.24) is 5.32 Å². The fourth-order valence-corrected chi connectivity index (χ4v) is 0.878. The molecule has 0 spiro atoms. The number of allylic oxidation sites excluding steroid dienone is 2. The highest BCUT2D eigenvalue weighted by molar-refractivity contribution is 5.91. The molecule has 0 aromatic carbocycles. The van der Waals surface area contributed by atoms with Crippen LogP contribution in [-0.2, 0) is 4.79 Å². The van der Waals surface area contributed by atoms with Crippen molar-refractivity contribution < 1.29 is 14.7 Å². The van der Waals surface area contributed by atoms with Gasteiger partial charge in [-0.15, -0.1) is 6.58 Å². The van der Waals surface area contributed by atoms with E-state index in [4.69, 9.17) is 5.11 Å². The third kappa shape index (κ3) is 4.79. The van der Waals surface area contributed by atoms with Crippen molar-refractivity contribution in [2.75, 3.05) is 6.54 Å². The first-order valence-electron chi connectivity index (χ1n) is 3.85. The van der Waals surface area contributed by atoms with E-state index in [2.05, 4.69) is 18.5 Å². The minimum atomic E-state index is -1.13. The minimum Gasteiger partial charge on any atom is -0.465 e. The lowest BCUT2D eigenvalue weighted by Gasteiger charge is -2.10. The summed E-state index contributed by atoms with van der Waals surface area (Å²) in [6.07, 6.45) is 2.09. The first-order chi connectivity index (χ1) is 6.11. The summed E-state index contributed by atoms with van der Waals surface area (Å²) in [6, 6.07) is 0. The van der Waals surface area contributed by atoms with E-state index >= 15 is 0 Å². The summed E-state index contributed by atoms with van der Waals surface area (Å²) in [5, 5.41) is 10.5. The Balaban J connectivity index is 4.08. The van der Waals surface area contributed by atoms with Gasteiger partial charge in [-0.1, -0.05) is 12.7 Å². The molecule has 0 aliphatic rings. The topological polar surface area (TPSA) is 66.4 Å². The third-order valence-corrected chi connectivity index (χ3v) is 1.55. The lowest BCUT2D eigenvalue weighted by atomic mass is 10.0. The van der Waals surface area contributed by atoms with E-state index in [0.29, 0.717) is 6.42 Å². The zero-order valence-corrected chi connectivity index (χ0v) is 7.32. The zero-order chi connectivity index (χ0) is 10.3. The molecule has 0 rings (SSSR count). The zero-order valence-electron chi connectivity index (χ0n) is 7.32. The first-order valence-corrected chi connectivity index (χ1v) is 3.85. The lowest BCUT2D eigenvalue weighted by Crippen LogP contribution is -2.30. The van der Waals surface area contributed by atoms with Gasteiger partial charge in [-0.3, -0.25) is 4.79 Å². The Morgan fingerprint density at radius 2 is 2.08 bits per heavy atom. The molecule has 0 unspecified atom stereocenters. The number of carbonyl (C=O) groups is 2. The normalized spacial score (nSPS) is 11.4. The molecule has 0 radical (unpaired) electrons. The SMILES string of the molecule is C=CC[C@H](CNC(=O)O)C(=O)C=C. The van der Waals surface area contributed by atoms with Gasteiger partial charge < -0.3 is 10.4 Å². The average molecular weight is 183 g/mol. The second-order valence-corrected chi connectivity index (χ2v) is 2.51. The fraction of sp³-hybridized carbons (Fsp3) is 0.333. The monoisotopic (exact) mass is 183 g/mol. The molecule has 13 heavy (non-hydrogen) atoms. The van der Waals surface area contributed by atoms with Crippen molar-refractivity contribution in [2.45, 2.75) is 6.42 Å². The van der Waals surface area contributed by atoms with Crippen molar-refractivity contribution in [2.24, 2.45) is 5.92 Å². The van der Waals surface area contributed by atoms with Crippen LogP contribution in [0.5, 0.6) is 0 Å². The standard InChI is InChI=1S/C9H13NO3/c1-3-5-7(8(11)4-2)6-10-9(12)13/h3-4,7,10H,1-2,5-6H2,(H,12,13)/t7-/m1/s1. The smallest absolute Gasteiger partial charge is 0.404 e. The Hall–Kier alpha value is -1.58. The van der Waals surface area contributed by atoms with E-state index in [9.17, 15) is 9.59 Å². The van der Waals surface area contributed by atoms with Crippen molar-refractivity contribution >= 4 is 11.9 Å². The van der Waals surface area contributed by atoms with Crippen LogP contribution in [0.15, 0.2) is 25.3 Å². The van der Waals surface area contributed by atoms with Crippen LogP contribution in [0, 0.1) is 5.92 Å². The highest BCUT2D eigenvalue weighted by Crippen LogP contribution is 2.04. The van der Waals surface area contributed by atoms with Crippen molar-refractivity contribution in [3.63, 3.8) is 0 Å². The van der Waals surface area contributed by atoms with Crippen molar-refractivity contribution in [3.05, 3.63) is 25.3 Å². The van der Waals surface area contributed by atoms with E-state index in [1.54, 1.807) is 6.08 Å². The number of carbonyl (C=O) groups excluding carboxylic acids is 1. The molecule has 0 saturated heterocycles. The third-order valence-electron chi connectivity index (χ3n) is 1.55. The van der Waals surface area contributed by atoms with Gasteiger partial charge in [0.05, 0.1) is 0 Å². The predicted molar refractivity (Wildman–Crippen MR) is 49.5 cm³/mol. The van der Waals surface area contributed by atoms with Gasteiger partial charge >= 0.3 is 6.09 Å². The molecule has 0 fully saturated rings. The quantitative estimate of drug-likeness (QED) is 0.480. The molecule has 2 N–H and O–H groups in total. The Labute approximate surface area is 76.9 Å². The Morgan fingerprint density at radius 3 is 2.46 bits per heavy atom. The molecule has 0 aliphatic carbocycles. The Bertz CT molecular complexity index is 223. The number of carboxylic acid groups (broad SMARTS) is 1. The molecule has 0 aromatic rings. The van der Waals surface area contributed by atoms with Crippen LogP contribution < -0.4 is 5.32 Å². The highest BCUT2D eigenvalue weighted by Gasteiger charge is 2.14. The molecule has 72 valence electrons. The number of rotatable bonds is 6. The molecule has 1 amide bonds. The lowest BCUT2D eigenvalue weighted by molar-refractivity contribution is -0.117. The minimum absolute atomic E-state index is 0.103. The highest BCUT2D eigenvalue weighted by atomic mass is 16.4. The van der Waals surface area contributed by atoms with Gasteiger partial charge in [0, 0.05) is 12.5 Å². The summed E-state index contributed by atoms with van der Waals surface area (Å²) in [7, 11) is 0. The number of amides is 1. The molecular formula is C9H13NO3. The van der Waals surface area contributed by atoms with Gasteiger partial charge in [0.25, 0.3) is 0 Å². The number of hydrogen-bond acceptors (Lipinski definition) is 2. The Kier molecular flexibility index (Phi) is 5.27. The number of hydrogen-bond donors (Lipinski definition) is 2. The summed E-state index contributed by atoms with van der Waals surface area (Å²) < 4.78 is 0. The molecule has 4 heteroatoms. The molecule has 0 aliphatic heterocycles. The molecule has 4 nitrogen and oxygen atoms in total. The van der Waals surface area contributed by atoms with E-state index in [-0.39, 0.29) is 18.2 Å². The number of nitrogens with one attached hydrogen (secondary N) is 1. The summed E-state index contributed by atoms with van der Waals surface area (Å²) in [5.41, 5.74) is 0. The maximum Gasteiger partial charge on any atom is 0.404 e. The van der Waals surface area contributed by atoms with Gasteiger partial charge in [0.2, 0.25) is 0 Å². The largest absolute Gasteiger partial charge is 0.465 e. The average Bonchev–Trinajstić information content (AvgIpc) is 2.10. The fourth-order valence-electron chi connectivity index (χ4n) is 0.878. The van der Waals surface area contributed by atoms with Crippen LogP contribution in [-0.4, -0.2) is 23.5 Å². The molecule has 0 aromatic heterocycles. The van der Waals surface area contributed by atoms with Crippen molar-refractivity contribution in [1.29, 1.82) is 0 Å². The molecule has 0 heterocycles. The summed E-state index contributed by atoms with van der Waals surface area (Å²) >= 11 is 0. The van der Waals surface area contributed by atoms with Crippen LogP contribution in [0.3, 0.4) is 0 Å². The second kappa shape index (κ2) is 5.99. The van der Waals surface area contributed by atoms with Crippen molar-refractivity contribution in [3.8, 4) is 0 Å². The number of ketones is 1. The molecule has 0 bridgehead atoms. The van der Waals surface area contributed by atoms with Crippen LogP contribution >= 0.6 is 0 Å². The van der Waals surface area contributed by atoms with Gasteiger partial charge in [0.1, 0.15) is 0 Å². The van der Waals surface area contributed by atoms with E-state index < -0.39 is 6.09 Å². The molecule has 1 atom stereocenters. The van der Waals surface area contributed by atoms with Gasteiger partial charge in [-0.05, 0) is 12.5 Å².